The van der Waals surface area contributed by atoms with Gasteiger partial charge in [0.2, 0.25) is 0 Å². The van der Waals surface area contributed by atoms with Crippen LogP contribution in [-0.4, -0.2) is 107 Å². The summed E-state index contributed by atoms with van der Waals surface area (Å²) in [4.78, 5) is 16.7. The van der Waals surface area contributed by atoms with Gasteiger partial charge in [-0.2, -0.15) is 0 Å². The summed E-state index contributed by atoms with van der Waals surface area (Å²) in [6.45, 7) is 3.86. The van der Waals surface area contributed by atoms with Crippen LogP contribution in [0.2, 0.25) is 0 Å². The van der Waals surface area contributed by atoms with Crippen molar-refractivity contribution in [1.29, 1.82) is 0 Å². The molecule has 0 aromatic heterocycles. The van der Waals surface area contributed by atoms with Crippen molar-refractivity contribution in [1.82, 2.24) is 20.4 Å². The molecular formula is C22H39F5N4O2. The zero-order valence-corrected chi connectivity index (χ0v) is 20.1. The van der Waals surface area contributed by atoms with E-state index in [1.54, 1.807) is 19.0 Å². The molecule has 0 aromatic carbocycles. The highest BCUT2D eigenvalue weighted by Gasteiger charge is 2.50. The number of rotatable bonds is 16. The van der Waals surface area contributed by atoms with Gasteiger partial charge in [0.15, 0.2) is 36.3 Å². The van der Waals surface area contributed by atoms with Crippen molar-refractivity contribution in [2.75, 3.05) is 60.9 Å². The van der Waals surface area contributed by atoms with Gasteiger partial charge in [-0.3, -0.25) is 9.69 Å². The van der Waals surface area contributed by atoms with E-state index < -0.39 is 48.3 Å². The lowest BCUT2D eigenvalue weighted by molar-refractivity contribution is -0.166. The number of nitrogens with one attached hydrogen (secondary N) is 2. The van der Waals surface area contributed by atoms with Gasteiger partial charge >= 0.3 is 5.97 Å². The molecule has 0 aliphatic heterocycles. The van der Waals surface area contributed by atoms with Gasteiger partial charge in [0.1, 0.15) is 6.04 Å². The Labute approximate surface area is 193 Å². The molecule has 0 aromatic rings. The minimum Gasteiger partial charge on any atom is -0.454 e. The summed E-state index contributed by atoms with van der Waals surface area (Å²) in [6, 6.07) is -0.840. The van der Waals surface area contributed by atoms with E-state index in [0.717, 1.165) is 32.5 Å². The van der Waals surface area contributed by atoms with Crippen LogP contribution in [0.3, 0.4) is 0 Å². The first-order valence-corrected chi connectivity index (χ1v) is 11.5. The molecule has 6 nitrogen and oxygen atoms in total. The standard InChI is InChI=1S/C22H39F5N4O2/c1-28-10-7-13-30(3)12-6-5-9-15(31(4)14-8-11-29-2)22(32)33-21-19(26)17(24)16(23)18(25)20(21)27/h15,17,19-21,28-29H,5-14H2,1-4H3. The van der Waals surface area contributed by atoms with Crippen molar-refractivity contribution in [3.8, 4) is 0 Å². The van der Waals surface area contributed by atoms with Gasteiger partial charge in [-0.25, -0.2) is 22.0 Å². The van der Waals surface area contributed by atoms with Crippen LogP contribution < -0.4 is 10.6 Å². The Hall–Kier alpha value is -1.30. The van der Waals surface area contributed by atoms with Gasteiger partial charge in [0.25, 0.3) is 0 Å². The van der Waals surface area contributed by atoms with Crippen LogP contribution >= 0.6 is 0 Å². The van der Waals surface area contributed by atoms with Crippen molar-refractivity contribution in [2.45, 2.75) is 62.8 Å². The smallest absolute Gasteiger partial charge is 0.323 e. The first kappa shape index (κ1) is 29.7. The Bertz CT molecular complexity index is 613. The number of esters is 1. The molecule has 0 radical (unpaired) electrons. The Morgan fingerprint density at radius 1 is 0.909 bits per heavy atom. The largest absolute Gasteiger partial charge is 0.454 e. The summed E-state index contributed by atoms with van der Waals surface area (Å²) >= 11 is 0. The van der Waals surface area contributed by atoms with E-state index in [0.29, 0.717) is 32.4 Å². The average molecular weight is 487 g/mol. The lowest BCUT2D eigenvalue weighted by Gasteiger charge is -2.33. The molecule has 0 bridgehead atoms. The number of nitrogens with zero attached hydrogens (tertiary/aromatic N) is 2. The predicted octanol–water partition coefficient (Wildman–Crippen LogP) is 2.70. The van der Waals surface area contributed by atoms with Crippen LogP contribution in [0.5, 0.6) is 0 Å². The molecule has 0 heterocycles. The molecule has 5 unspecified atom stereocenters. The van der Waals surface area contributed by atoms with E-state index in [-0.39, 0.29) is 0 Å². The lowest BCUT2D eigenvalue weighted by atomic mass is 9.96. The SMILES string of the molecule is CNCCCN(C)CCCCC(C(=O)OC1C(F)C(F)=C(F)C(F)C1F)N(C)CCCNC. The molecule has 5 atom stereocenters. The number of carbonyl (C=O) groups is 1. The zero-order valence-electron chi connectivity index (χ0n) is 20.1. The molecule has 0 saturated heterocycles. The molecule has 11 heteroatoms. The zero-order chi connectivity index (χ0) is 25.0. The van der Waals surface area contributed by atoms with Crippen LogP contribution in [-0.2, 0) is 9.53 Å². The molecule has 1 aliphatic rings. The lowest BCUT2D eigenvalue weighted by Crippen LogP contribution is -2.50. The number of unbranched alkanes of at least 4 members (excludes halogenated alkanes) is 1. The fourth-order valence-electron chi connectivity index (χ4n) is 3.75. The monoisotopic (exact) mass is 486 g/mol. The minimum absolute atomic E-state index is 0.353. The number of allylic oxidation sites excluding steroid dienone is 1. The second kappa shape index (κ2) is 15.6. The summed E-state index contributed by atoms with van der Waals surface area (Å²) in [6.07, 6.45) is -7.55. The third kappa shape index (κ3) is 9.46. The van der Waals surface area contributed by atoms with Gasteiger partial charge in [-0.15, -0.1) is 0 Å². The maximum absolute atomic E-state index is 14.1. The average Bonchev–Trinajstić information content (AvgIpc) is 2.79. The molecule has 194 valence electrons. The second-order valence-corrected chi connectivity index (χ2v) is 8.56. The first-order chi connectivity index (χ1) is 15.6. The van der Waals surface area contributed by atoms with Gasteiger partial charge in [0, 0.05) is 0 Å². The normalized spacial score (nSPS) is 24.6. The summed E-state index contributed by atoms with van der Waals surface area (Å²) in [5.74, 6) is -5.15. The van der Waals surface area contributed by atoms with Crippen LogP contribution in [0, 0.1) is 0 Å². The quantitative estimate of drug-likeness (QED) is 0.199. The molecule has 0 amide bonds. The topological polar surface area (TPSA) is 56.8 Å². The van der Waals surface area contributed by atoms with E-state index in [1.807, 2.05) is 14.1 Å². The van der Waals surface area contributed by atoms with E-state index in [9.17, 15) is 26.7 Å². The maximum atomic E-state index is 14.1. The minimum atomic E-state index is -3.00. The van der Waals surface area contributed by atoms with E-state index in [2.05, 4.69) is 15.5 Å². The number of likely N-dealkylation sites (N-methyl/N-ethyl adjacent to an activating group) is 1. The van der Waals surface area contributed by atoms with E-state index in [1.165, 1.54) is 0 Å². The van der Waals surface area contributed by atoms with Crippen LogP contribution in [0.1, 0.15) is 32.1 Å². The Morgan fingerprint density at radius 2 is 1.45 bits per heavy atom. The van der Waals surface area contributed by atoms with Crippen molar-refractivity contribution in [3.63, 3.8) is 0 Å². The van der Waals surface area contributed by atoms with Crippen LogP contribution in [0.15, 0.2) is 11.7 Å². The molecule has 33 heavy (non-hydrogen) atoms. The molecule has 1 aliphatic carbocycles. The Morgan fingerprint density at radius 3 is 2.06 bits per heavy atom. The summed E-state index contributed by atoms with van der Waals surface area (Å²) in [5, 5.41) is 6.08. The number of alkyl halides is 3. The van der Waals surface area contributed by atoms with Crippen LogP contribution in [0.4, 0.5) is 22.0 Å². The summed E-state index contributed by atoms with van der Waals surface area (Å²) < 4.78 is 73.7. The van der Waals surface area contributed by atoms with E-state index in [4.69, 9.17) is 4.74 Å². The van der Waals surface area contributed by atoms with Crippen LogP contribution in [0.25, 0.3) is 0 Å². The maximum Gasteiger partial charge on any atom is 0.323 e. The fraction of sp³-hybridized carbons (Fsp3) is 0.864. The summed E-state index contributed by atoms with van der Waals surface area (Å²) in [7, 11) is 7.38. The van der Waals surface area contributed by atoms with Gasteiger partial charge in [-0.05, 0) is 86.6 Å². The number of ether oxygens (including phenoxy) is 1. The highest BCUT2D eigenvalue weighted by Crippen LogP contribution is 2.35. The highest BCUT2D eigenvalue weighted by molar-refractivity contribution is 5.76. The first-order valence-electron chi connectivity index (χ1n) is 11.5. The molecule has 0 fully saturated rings. The molecule has 2 N–H and O–H groups in total. The van der Waals surface area contributed by atoms with Crippen molar-refractivity contribution in [2.24, 2.45) is 0 Å². The van der Waals surface area contributed by atoms with Crippen molar-refractivity contribution < 1.29 is 31.5 Å². The van der Waals surface area contributed by atoms with Gasteiger partial charge in [0.05, 0.1) is 0 Å². The third-order valence-corrected chi connectivity index (χ3v) is 5.82. The number of halogens is 5. The van der Waals surface area contributed by atoms with Gasteiger partial charge in [-0.1, -0.05) is 6.42 Å². The number of hydrogen-bond acceptors (Lipinski definition) is 6. The second-order valence-electron chi connectivity index (χ2n) is 8.56. The Kier molecular flexibility index (Phi) is 14.0. The number of carbonyl (C=O) groups excluding carboxylic acids is 1. The number of hydrogen-bond donors (Lipinski definition) is 2. The molecule has 1 rings (SSSR count). The van der Waals surface area contributed by atoms with Crippen molar-refractivity contribution in [3.05, 3.63) is 11.7 Å². The highest BCUT2D eigenvalue weighted by atomic mass is 19.2. The molecular weight excluding hydrogens is 447 g/mol. The molecule has 0 saturated carbocycles. The van der Waals surface area contributed by atoms with E-state index >= 15 is 0 Å². The fourth-order valence-corrected chi connectivity index (χ4v) is 3.75. The Balaban J connectivity index is 2.73. The third-order valence-electron chi connectivity index (χ3n) is 5.82. The van der Waals surface area contributed by atoms with Crippen molar-refractivity contribution >= 4 is 5.97 Å². The molecule has 0 spiro atoms. The van der Waals surface area contributed by atoms with Gasteiger partial charge < -0.3 is 20.3 Å². The summed E-state index contributed by atoms with van der Waals surface area (Å²) in [5.41, 5.74) is 0. The predicted molar refractivity (Wildman–Crippen MR) is 119 cm³/mol.